The van der Waals surface area contributed by atoms with Crippen LogP contribution in [0.2, 0.25) is 0 Å². The first-order chi connectivity index (χ1) is 10.1. The van der Waals surface area contributed by atoms with Crippen LogP contribution in [0.3, 0.4) is 0 Å². The van der Waals surface area contributed by atoms with Crippen LogP contribution in [0.1, 0.15) is 21.8 Å². The molecule has 0 saturated carbocycles. The van der Waals surface area contributed by atoms with Crippen molar-refractivity contribution in [2.45, 2.75) is 5.92 Å². The highest BCUT2D eigenvalue weighted by Crippen LogP contribution is 2.28. The maximum Gasteiger partial charge on any atom is 0.253 e. The molecule has 108 valence electrons. The molecule has 0 radical (unpaired) electrons. The first-order valence-electron chi connectivity index (χ1n) is 7.12. The highest BCUT2D eigenvalue weighted by atomic mass is 16.2. The number of rotatable bonds is 3. The van der Waals surface area contributed by atoms with Gasteiger partial charge in [0.25, 0.3) is 5.91 Å². The fourth-order valence-corrected chi connectivity index (χ4v) is 2.59. The minimum absolute atomic E-state index is 0.115. The molecule has 2 aromatic rings. The van der Waals surface area contributed by atoms with Crippen LogP contribution in [0.15, 0.2) is 48.8 Å². The molecule has 0 atom stereocenters. The number of carbonyl (C=O) groups excluding carboxylic acids is 1. The van der Waals surface area contributed by atoms with E-state index < -0.39 is 0 Å². The van der Waals surface area contributed by atoms with Crippen molar-refractivity contribution in [2.24, 2.45) is 0 Å². The SMILES string of the molecule is CN(C)c1cccc(C(=O)N2CC(c3ccncc3)C2)c1. The second kappa shape index (κ2) is 5.56. The molecule has 1 fully saturated rings. The third-order valence-corrected chi connectivity index (χ3v) is 3.96. The number of pyridine rings is 1. The van der Waals surface area contributed by atoms with Gasteiger partial charge >= 0.3 is 0 Å². The summed E-state index contributed by atoms with van der Waals surface area (Å²) in [5.41, 5.74) is 3.07. The normalized spacial score (nSPS) is 14.7. The van der Waals surface area contributed by atoms with E-state index in [0.29, 0.717) is 5.92 Å². The summed E-state index contributed by atoms with van der Waals surface area (Å²) in [6, 6.07) is 11.8. The number of amides is 1. The molecule has 3 rings (SSSR count). The lowest BCUT2D eigenvalue weighted by Gasteiger charge is -2.39. The molecule has 1 aliphatic rings. The third kappa shape index (κ3) is 2.75. The van der Waals surface area contributed by atoms with Crippen molar-refractivity contribution in [1.82, 2.24) is 9.88 Å². The number of hydrogen-bond acceptors (Lipinski definition) is 3. The lowest BCUT2D eigenvalue weighted by Crippen LogP contribution is -2.48. The van der Waals surface area contributed by atoms with Crippen molar-refractivity contribution in [3.63, 3.8) is 0 Å². The summed E-state index contributed by atoms with van der Waals surface area (Å²) in [7, 11) is 3.96. The fraction of sp³-hybridized carbons (Fsp3) is 0.294. The van der Waals surface area contributed by atoms with Crippen LogP contribution in [0.4, 0.5) is 5.69 Å². The van der Waals surface area contributed by atoms with Gasteiger partial charge in [0.15, 0.2) is 0 Å². The van der Waals surface area contributed by atoms with E-state index in [-0.39, 0.29) is 5.91 Å². The highest BCUT2D eigenvalue weighted by Gasteiger charge is 2.32. The lowest BCUT2D eigenvalue weighted by atomic mass is 9.91. The fourth-order valence-electron chi connectivity index (χ4n) is 2.59. The van der Waals surface area contributed by atoms with E-state index >= 15 is 0 Å². The molecule has 2 heterocycles. The van der Waals surface area contributed by atoms with Crippen LogP contribution in [0, 0.1) is 0 Å². The Balaban J connectivity index is 1.67. The second-order valence-electron chi connectivity index (χ2n) is 5.63. The van der Waals surface area contributed by atoms with Gasteiger partial charge in [-0.15, -0.1) is 0 Å². The predicted molar refractivity (Wildman–Crippen MR) is 83.7 cm³/mol. The van der Waals surface area contributed by atoms with Crippen molar-refractivity contribution >= 4 is 11.6 Å². The lowest BCUT2D eigenvalue weighted by molar-refractivity contribution is 0.0602. The topological polar surface area (TPSA) is 36.4 Å². The smallest absolute Gasteiger partial charge is 0.253 e. The number of benzene rings is 1. The molecular formula is C17H19N3O. The van der Waals surface area contributed by atoms with Gasteiger partial charge in [0.2, 0.25) is 0 Å². The average Bonchev–Trinajstić information content (AvgIpc) is 2.47. The number of nitrogens with zero attached hydrogens (tertiary/aromatic N) is 3. The Bertz CT molecular complexity index is 633. The Morgan fingerprint density at radius 3 is 2.57 bits per heavy atom. The quantitative estimate of drug-likeness (QED) is 0.866. The minimum Gasteiger partial charge on any atom is -0.378 e. The van der Waals surface area contributed by atoms with E-state index in [4.69, 9.17) is 0 Å². The molecule has 21 heavy (non-hydrogen) atoms. The van der Waals surface area contributed by atoms with Gasteiger partial charge < -0.3 is 9.80 Å². The van der Waals surface area contributed by atoms with Gasteiger partial charge in [0.1, 0.15) is 0 Å². The van der Waals surface area contributed by atoms with Gasteiger partial charge in [0, 0.05) is 56.7 Å². The zero-order chi connectivity index (χ0) is 14.8. The molecule has 4 heteroatoms. The number of aromatic nitrogens is 1. The van der Waals surface area contributed by atoms with Crippen molar-refractivity contribution < 1.29 is 4.79 Å². The molecule has 0 spiro atoms. The first kappa shape index (κ1) is 13.6. The van der Waals surface area contributed by atoms with E-state index in [9.17, 15) is 4.79 Å². The van der Waals surface area contributed by atoms with Gasteiger partial charge in [-0.05, 0) is 35.9 Å². The summed E-state index contributed by atoms with van der Waals surface area (Å²) in [4.78, 5) is 20.4. The van der Waals surface area contributed by atoms with E-state index in [1.807, 2.05) is 60.3 Å². The van der Waals surface area contributed by atoms with Gasteiger partial charge in [0.05, 0.1) is 0 Å². The standard InChI is InChI=1S/C17H19N3O/c1-19(2)16-5-3-4-14(10-16)17(21)20-11-15(12-20)13-6-8-18-9-7-13/h3-10,15H,11-12H2,1-2H3. The Morgan fingerprint density at radius 2 is 1.90 bits per heavy atom. The largest absolute Gasteiger partial charge is 0.378 e. The molecule has 4 nitrogen and oxygen atoms in total. The Kier molecular flexibility index (Phi) is 3.60. The van der Waals surface area contributed by atoms with E-state index in [1.165, 1.54) is 5.56 Å². The summed E-state index contributed by atoms with van der Waals surface area (Å²) in [5, 5.41) is 0. The van der Waals surface area contributed by atoms with Gasteiger partial charge in [-0.25, -0.2) is 0 Å². The average molecular weight is 281 g/mol. The minimum atomic E-state index is 0.115. The number of carbonyl (C=O) groups is 1. The van der Waals surface area contributed by atoms with E-state index in [2.05, 4.69) is 4.98 Å². The monoisotopic (exact) mass is 281 g/mol. The van der Waals surface area contributed by atoms with Crippen molar-refractivity contribution in [3.05, 3.63) is 59.9 Å². The van der Waals surface area contributed by atoms with Crippen molar-refractivity contribution in [3.8, 4) is 0 Å². The molecule has 0 bridgehead atoms. The highest BCUT2D eigenvalue weighted by molar-refractivity contribution is 5.95. The summed E-state index contributed by atoms with van der Waals surface area (Å²) in [6.07, 6.45) is 3.61. The van der Waals surface area contributed by atoms with Crippen LogP contribution in [0.5, 0.6) is 0 Å². The van der Waals surface area contributed by atoms with Crippen molar-refractivity contribution in [1.29, 1.82) is 0 Å². The van der Waals surface area contributed by atoms with Gasteiger partial charge in [-0.3, -0.25) is 9.78 Å². The van der Waals surface area contributed by atoms with Crippen LogP contribution < -0.4 is 4.90 Å². The predicted octanol–water partition coefficient (Wildman–Crippen LogP) is 2.39. The number of likely N-dealkylation sites (tertiary alicyclic amines) is 1. The van der Waals surface area contributed by atoms with Crippen LogP contribution >= 0.6 is 0 Å². The Labute approximate surface area is 125 Å². The third-order valence-electron chi connectivity index (χ3n) is 3.96. The molecule has 1 aromatic carbocycles. The summed E-state index contributed by atoms with van der Waals surface area (Å²) >= 11 is 0. The molecule has 0 unspecified atom stereocenters. The van der Waals surface area contributed by atoms with E-state index in [0.717, 1.165) is 24.3 Å². The molecule has 1 saturated heterocycles. The summed E-state index contributed by atoms with van der Waals surface area (Å²) in [6.45, 7) is 1.57. The molecule has 1 aliphatic heterocycles. The Hall–Kier alpha value is -2.36. The molecule has 1 amide bonds. The summed E-state index contributed by atoms with van der Waals surface area (Å²) in [5.74, 6) is 0.554. The van der Waals surface area contributed by atoms with Crippen LogP contribution in [-0.2, 0) is 0 Å². The maximum absolute atomic E-state index is 12.5. The molecule has 1 aromatic heterocycles. The van der Waals surface area contributed by atoms with Gasteiger partial charge in [-0.1, -0.05) is 6.07 Å². The van der Waals surface area contributed by atoms with Crippen molar-refractivity contribution in [2.75, 3.05) is 32.1 Å². The zero-order valence-corrected chi connectivity index (χ0v) is 12.4. The van der Waals surface area contributed by atoms with Gasteiger partial charge in [-0.2, -0.15) is 0 Å². The molecule has 0 N–H and O–H groups in total. The van der Waals surface area contributed by atoms with E-state index in [1.54, 1.807) is 12.4 Å². The maximum atomic E-state index is 12.5. The first-order valence-corrected chi connectivity index (χ1v) is 7.12. The van der Waals surface area contributed by atoms with Crippen LogP contribution in [-0.4, -0.2) is 43.0 Å². The Morgan fingerprint density at radius 1 is 1.19 bits per heavy atom. The van der Waals surface area contributed by atoms with Crippen LogP contribution in [0.25, 0.3) is 0 Å². The number of anilines is 1. The molecule has 0 aliphatic carbocycles. The second-order valence-corrected chi connectivity index (χ2v) is 5.63. The zero-order valence-electron chi connectivity index (χ0n) is 12.4. The number of hydrogen-bond donors (Lipinski definition) is 0. The molecular weight excluding hydrogens is 262 g/mol. The summed E-state index contributed by atoms with van der Waals surface area (Å²) < 4.78 is 0.